The van der Waals surface area contributed by atoms with Crippen molar-refractivity contribution < 1.29 is 9.53 Å². The van der Waals surface area contributed by atoms with Crippen LogP contribution in [0.3, 0.4) is 0 Å². The highest BCUT2D eigenvalue weighted by molar-refractivity contribution is 6.03. The molecule has 0 saturated heterocycles. The molecule has 0 spiro atoms. The molecule has 0 aliphatic carbocycles. The minimum Gasteiger partial charge on any atom is -0.497 e. The van der Waals surface area contributed by atoms with Gasteiger partial charge in [0.25, 0.3) is 5.91 Å². The molecule has 0 fully saturated rings. The van der Waals surface area contributed by atoms with Gasteiger partial charge in [-0.3, -0.25) is 4.79 Å². The predicted molar refractivity (Wildman–Crippen MR) is 106 cm³/mol. The van der Waals surface area contributed by atoms with E-state index >= 15 is 0 Å². The highest BCUT2D eigenvalue weighted by Crippen LogP contribution is 2.16. The summed E-state index contributed by atoms with van der Waals surface area (Å²) >= 11 is 0. The molecule has 0 bridgehead atoms. The zero-order valence-electron chi connectivity index (χ0n) is 15.4. The second-order valence-electron chi connectivity index (χ2n) is 5.95. The van der Waals surface area contributed by atoms with Crippen molar-refractivity contribution in [2.75, 3.05) is 23.9 Å². The fourth-order valence-corrected chi connectivity index (χ4v) is 2.61. The van der Waals surface area contributed by atoms with Gasteiger partial charge in [0.15, 0.2) is 0 Å². The highest BCUT2D eigenvalue weighted by Gasteiger charge is 2.11. The Balaban J connectivity index is 1.66. The van der Waals surface area contributed by atoms with E-state index in [1.54, 1.807) is 43.8 Å². The summed E-state index contributed by atoms with van der Waals surface area (Å²) in [6.45, 7) is 3.54. The molecular weight excluding hydrogens is 340 g/mol. The second-order valence-corrected chi connectivity index (χ2v) is 5.95. The monoisotopic (exact) mass is 362 g/mol. The van der Waals surface area contributed by atoms with Gasteiger partial charge < -0.3 is 15.0 Å². The predicted octanol–water partition coefficient (Wildman–Crippen LogP) is 3.76. The van der Waals surface area contributed by atoms with Gasteiger partial charge in [-0.15, -0.1) is 0 Å². The first-order valence-electron chi connectivity index (χ1n) is 8.76. The summed E-state index contributed by atoms with van der Waals surface area (Å²) in [5, 5.41) is 2.82. The van der Waals surface area contributed by atoms with E-state index in [4.69, 9.17) is 4.74 Å². The number of amides is 1. The second kappa shape index (κ2) is 8.80. The fourth-order valence-electron chi connectivity index (χ4n) is 2.61. The van der Waals surface area contributed by atoms with Crippen LogP contribution >= 0.6 is 0 Å². The smallest absolute Gasteiger partial charge is 0.258 e. The number of ether oxygens (including phenoxy) is 1. The van der Waals surface area contributed by atoms with E-state index in [0.717, 1.165) is 12.3 Å². The van der Waals surface area contributed by atoms with Crippen molar-refractivity contribution >= 4 is 17.5 Å². The Morgan fingerprint density at radius 3 is 2.30 bits per heavy atom. The lowest BCUT2D eigenvalue weighted by molar-refractivity contribution is 0.102. The first-order valence-corrected chi connectivity index (χ1v) is 8.76. The lowest BCUT2D eigenvalue weighted by Gasteiger charge is -2.20. The van der Waals surface area contributed by atoms with Crippen molar-refractivity contribution in [1.82, 2.24) is 9.97 Å². The molecule has 138 valence electrons. The first-order chi connectivity index (χ1) is 13.2. The summed E-state index contributed by atoms with van der Waals surface area (Å²) in [5.41, 5.74) is 2.28. The minimum absolute atomic E-state index is 0.252. The summed E-state index contributed by atoms with van der Waals surface area (Å²) in [6.07, 6.45) is 3.10. The van der Waals surface area contributed by atoms with Gasteiger partial charge in [0.2, 0.25) is 5.95 Å². The Kier molecular flexibility index (Phi) is 5.99. The molecule has 0 aliphatic heterocycles. The van der Waals surface area contributed by atoms with Crippen LogP contribution in [0.25, 0.3) is 0 Å². The number of nitrogens with zero attached hydrogens (tertiary/aromatic N) is 3. The third kappa shape index (κ3) is 4.82. The molecule has 1 aromatic heterocycles. The molecule has 0 saturated carbocycles. The SMILES string of the molecule is CCN(Cc1ccccc1)c1ncc(C(=O)Nc2ccc(OC)cc2)cn1. The lowest BCUT2D eigenvalue weighted by Crippen LogP contribution is -2.24. The molecule has 27 heavy (non-hydrogen) atoms. The van der Waals surface area contributed by atoms with E-state index in [-0.39, 0.29) is 5.91 Å². The van der Waals surface area contributed by atoms with E-state index in [0.29, 0.717) is 23.7 Å². The van der Waals surface area contributed by atoms with E-state index < -0.39 is 0 Å². The van der Waals surface area contributed by atoms with Crippen molar-refractivity contribution in [1.29, 1.82) is 0 Å². The van der Waals surface area contributed by atoms with E-state index in [2.05, 4.69) is 39.2 Å². The molecule has 1 N–H and O–H groups in total. The molecule has 3 aromatic rings. The standard InChI is InChI=1S/C21H22N4O2/c1-3-25(15-16-7-5-4-6-8-16)21-22-13-17(14-23-21)20(26)24-18-9-11-19(27-2)12-10-18/h4-14H,3,15H2,1-2H3,(H,24,26). The number of aromatic nitrogens is 2. The number of carbonyl (C=O) groups is 1. The van der Waals surface area contributed by atoms with Gasteiger partial charge in [0, 0.05) is 31.2 Å². The molecule has 6 heteroatoms. The van der Waals surface area contributed by atoms with Crippen LogP contribution in [-0.4, -0.2) is 29.5 Å². The number of rotatable bonds is 7. The van der Waals surface area contributed by atoms with Gasteiger partial charge in [0.1, 0.15) is 5.75 Å². The largest absolute Gasteiger partial charge is 0.497 e. The topological polar surface area (TPSA) is 67.4 Å². The van der Waals surface area contributed by atoms with Gasteiger partial charge >= 0.3 is 0 Å². The number of hydrogen-bond acceptors (Lipinski definition) is 5. The molecule has 1 amide bonds. The fraction of sp³-hybridized carbons (Fsp3) is 0.190. The molecule has 0 unspecified atom stereocenters. The number of carbonyl (C=O) groups excluding carboxylic acids is 1. The van der Waals surface area contributed by atoms with Gasteiger partial charge in [-0.25, -0.2) is 9.97 Å². The summed E-state index contributed by atoms with van der Waals surface area (Å²) in [5.74, 6) is 1.08. The van der Waals surface area contributed by atoms with Gasteiger partial charge in [0.05, 0.1) is 12.7 Å². The number of hydrogen-bond donors (Lipinski definition) is 1. The van der Waals surface area contributed by atoms with Crippen LogP contribution in [0.4, 0.5) is 11.6 Å². The number of benzene rings is 2. The van der Waals surface area contributed by atoms with E-state index in [1.165, 1.54) is 5.56 Å². The van der Waals surface area contributed by atoms with Crippen LogP contribution in [0.1, 0.15) is 22.8 Å². The Morgan fingerprint density at radius 1 is 1.04 bits per heavy atom. The van der Waals surface area contributed by atoms with Crippen molar-refractivity contribution in [2.45, 2.75) is 13.5 Å². The van der Waals surface area contributed by atoms with Crippen molar-refractivity contribution in [3.05, 3.63) is 78.1 Å². The van der Waals surface area contributed by atoms with Crippen LogP contribution in [-0.2, 0) is 6.54 Å². The van der Waals surface area contributed by atoms with Gasteiger partial charge in [-0.05, 0) is 36.8 Å². The zero-order chi connectivity index (χ0) is 19.1. The molecule has 0 radical (unpaired) electrons. The summed E-state index contributed by atoms with van der Waals surface area (Å²) < 4.78 is 5.11. The third-order valence-electron chi connectivity index (χ3n) is 4.13. The van der Waals surface area contributed by atoms with Crippen molar-refractivity contribution in [2.24, 2.45) is 0 Å². The minimum atomic E-state index is -0.252. The van der Waals surface area contributed by atoms with Crippen LogP contribution in [0.5, 0.6) is 5.75 Å². The average molecular weight is 362 g/mol. The summed E-state index contributed by atoms with van der Waals surface area (Å²) in [6, 6.07) is 17.3. The van der Waals surface area contributed by atoms with Crippen molar-refractivity contribution in [3.63, 3.8) is 0 Å². The Bertz CT molecular complexity index is 865. The normalized spacial score (nSPS) is 10.3. The maximum absolute atomic E-state index is 12.4. The number of methoxy groups -OCH3 is 1. The molecule has 6 nitrogen and oxygen atoms in total. The van der Waals surface area contributed by atoms with Gasteiger partial charge in [-0.1, -0.05) is 30.3 Å². The highest BCUT2D eigenvalue weighted by atomic mass is 16.5. The molecule has 0 aliphatic rings. The summed E-state index contributed by atoms with van der Waals surface area (Å²) in [7, 11) is 1.60. The van der Waals surface area contributed by atoms with E-state index in [9.17, 15) is 4.79 Å². The first kappa shape index (κ1) is 18.4. The Labute approximate surface area is 158 Å². The van der Waals surface area contributed by atoms with Crippen LogP contribution in [0, 0.1) is 0 Å². The number of anilines is 2. The van der Waals surface area contributed by atoms with Crippen LogP contribution in [0.15, 0.2) is 67.0 Å². The molecule has 1 heterocycles. The van der Waals surface area contributed by atoms with Crippen molar-refractivity contribution in [3.8, 4) is 5.75 Å². The maximum Gasteiger partial charge on any atom is 0.258 e. The molecule has 2 aromatic carbocycles. The van der Waals surface area contributed by atoms with Crippen LogP contribution in [0.2, 0.25) is 0 Å². The maximum atomic E-state index is 12.4. The Hall–Kier alpha value is -3.41. The lowest BCUT2D eigenvalue weighted by atomic mass is 10.2. The molecule has 3 rings (SSSR count). The molecule has 0 atom stereocenters. The Morgan fingerprint density at radius 2 is 1.70 bits per heavy atom. The third-order valence-corrected chi connectivity index (χ3v) is 4.13. The zero-order valence-corrected chi connectivity index (χ0v) is 15.4. The average Bonchev–Trinajstić information content (AvgIpc) is 2.73. The number of nitrogens with one attached hydrogen (secondary N) is 1. The van der Waals surface area contributed by atoms with Gasteiger partial charge in [-0.2, -0.15) is 0 Å². The molecular formula is C21H22N4O2. The van der Waals surface area contributed by atoms with E-state index in [1.807, 2.05) is 18.2 Å². The summed E-state index contributed by atoms with van der Waals surface area (Å²) in [4.78, 5) is 23.2. The van der Waals surface area contributed by atoms with Crippen LogP contribution < -0.4 is 15.0 Å². The quantitative estimate of drug-likeness (QED) is 0.693.